The molecular weight excluding hydrogens is 440 g/mol. The van der Waals surface area contributed by atoms with Crippen LogP contribution in [-0.4, -0.2) is 40.4 Å². The van der Waals surface area contributed by atoms with Crippen molar-refractivity contribution in [3.63, 3.8) is 0 Å². The van der Waals surface area contributed by atoms with Crippen LogP contribution in [0.5, 0.6) is 11.5 Å². The lowest BCUT2D eigenvalue weighted by molar-refractivity contribution is 0.0954. The summed E-state index contributed by atoms with van der Waals surface area (Å²) in [6.45, 7) is 2.74. The van der Waals surface area contributed by atoms with Crippen molar-refractivity contribution in [2.24, 2.45) is 0 Å². The average molecular weight is 469 g/mol. The molecule has 5 N–H and O–H groups in total. The van der Waals surface area contributed by atoms with Crippen molar-refractivity contribution in [2.45, 2.75) is 31.9 Å². The normalized spacial score (nSPS) is 12.8. The summed E-state index contributed by atoms with van der Waals surface area (Å²) in [7, 11) is 0. The third-order valence-corrected chi connectivity index (χ3v) is 5.71. The van der Waals surface area contributed by atoms with E-state index in [4.69, 9.17) is 11.6 Å². The monoisotopic (exact) mass is 468 g/mol. The molecule has 0 heterocycles. The van der Waals surface area contributed by atoms with Crippen LogP contribution in [0.3, 0.4) is 0 Å². The molecule has 0 saturated carbocycles. The highest BCUT2D eigenvalue weighted by Gasteiger charge is 2.13. The largest absolute Gasteiger partial charge is 0.508 e. The molecule has 0 aliphatic heterocycles. The van der Waals surface area contributed by atoms with Gasteiger partial charge in [-0.2, -0.15) is 0 Å². The maximum Gasteiger partial charge on any atom is 0.251 e. The number of hydrogen-bond acceptors (Lipinski definition) is 5. The second-order valence-electron chi connectivity index (χ2n) is 8.11. The molecule has 0 bridgehead atoms. The van der Waals surface area contributed by atoms with E-state index in [-0.39, 0.29) is 30.0 Å². The van der Waals surface area contributed by atoms with Gasteiger partial charge in [0, 0.05) is 35.8 Å². The van der Waals surface area contributed by atoms with E-state index in [1.165, 1.54) is 18.2 Å². The maximum atomic E-state index is 12.6. The molecule has 0 saturated heterocycles. The van der Waals surface area contributed by atoms with Crippen LogP contribution in [-0.2, 0) is 12.8 Å². The van der Waals surface area contributed by atoms with E-state index in [0.29, 0.717) is 35.5 Å². The fraction of sp³-hybridized carbons (Fsp3) is 0.269. The summed E-state index contributed by atoms with van der Waals surface area (Å²) < 4.78 is 0. The molecule has 0 aliphatic carbocycles. The lowest BCUT2D eigenvalue weighted by atomic mass is 10.0. The minimum atomic E-state index is -0.874. The van der Waals surface area contributed by atoms with Gasteiger partial charge < -0.3 is 26.0 Å². The van der Waals surface area contributed by atoms with Crippen molar-refractivity contribution in [3.05, 3.63) is 94.0 Å². The fourth-order valence-corrected chi connectivity index (χ4v) is 3.85. The van der Waals surface area contributed by atoms with E-state index in [1.54, 1.807) is 6.07 Å². The van der Waals surface area contributed by atoms with Gasteiger partial charge in [0.2, 0.25) is 0 Å². The number of nitrogens with one attached hydrogen (secondary N) is 2. The van der Waals surface area contributed by atoms with E-state index in [2.05, 4.69) is 10.6 Å². The zero-order chi connectivity index (χ0) is 23.8. The minimum Gasteiger partial charge on any atom is -0.508 e. The van der Waals surface area contributed by atoms with E-state index in [1.807, 2.05) is 49.4 Å². The maximum absolute atomic E-state index is 12.6. The molecule has 6 nitrogen and oxygen atoms in total. The first-order valence-corrected chi connectivity index (χ1v) is 11.2. The van der Waals surface area contributed by atoms with E-state index < -0.39 is 6.10 Å². The number of phenols is 2. The van der Waals surface area contributed by atoms with Crippen molar-refractivity contribution in [1.29, 1.82) is 0 Å². The zero-order valence-electron chi connectivity index (χ0n) is 18.5. The molecule has 3 aromatic rings. The number of carbonyl (C=O) groups excluding carboxylic acids is 1. The number of halogens is 1. The van der Waals surface area contributed by atoms with Crippen LogP contribution in [0, 0.1) is 0 Å². The molecule has 2 atom stereocenters. The summed E-state index contributed by atoms with van der Waals surface area (Å²) in [6.07, 6.45) is 0.449. The summed E-state index contributed by atoms with van der Waals surface area (Å²) in [5.41, 5.74) is 3.02. The Kier molecular flexibility index (Phi) is 8.72. The standard InChI is InChI=1S/C26H29ClN2O4/c1-17(29-16-25(32)21-13-22(30)15-23(31)14-21)11-18-5-4-7-20(12-18)26(33)28-10-9-19-6-2-3-8-24(19)27/h2-8,12-15,17,25,29-32H,9-11,16H2,1H3,(H,28,33). The smallest absolute Gasteiger partial charge is 0.251 e. The number of aliphatic hydroxyl groups is 1. The molecule has 0 spiro atoms. The molecule has 33 heavy (non-hydrogen) atoms. The Balaban J connectivity index is 1.49. The molecule has 1 amide bonds. The summed E-state index contributed by atoms with van der Waals surface area (Å²) in [4.78, 5) is 12.6. The molecule has 0 aliphatic rings. The number of rotatable bonds is 10. The highest BCUT2D eigenvalue weighted by Crippen LogP contribution is 2.24. The van der Waals surface area contributed by atoms with E-state index in [0.717, 1.165) is 11.1 Å². The third-order valence-electron chi connectivity index (χ3n) is 5.34. The van der Waals surface area contributed by atoms with Gasteiger partial charge in [0.05, 0.1) is 6.10 Å². The molecule has 174 valence electrons. The zero-order valence-corrected chi connectivity index (χ0v) is 19.2. The summed E-state index contributed by atoms with van der Waals surface area (Å²) in [5.74, 6) is -0.332. The lowest BCUT2D eigenvalue weighted by Gasteiger charge is -2.18. The van der Waals surface area contributed by atoms with Gasteiger partial charge in [-0.05, 0) is 66.8 Å². The second kappa shape index (κ2) is 11.7. The van der Waals surface area contributed by atoms with E-state index in [9.17, 15) is 20.1 Å². The molecule has 3 rings (SSSR count). The number of aliphatic hydroxyl groups excluding tert-OH is 1. The summed E-state index contributed by atoms with van der Waals surface area (Å²) in [5, 5.41) is 36.4. The SMILES string of the molecule is CC(Cc1cccc(C(=O)NCCc2ccccc2Cl)c1)NCC(O)c1cc(O)cc(O)c1. The first-order valence-electron chi connectivity index (χ1n) is 10.9. The van der Waals surface area contributed by atoms with Crippen molar-refractivity contribution in [3.8, 4) is 11.5 Å². The van der Waals surface area contributed by atoms with Crippen molar-refractivity contribution >= 4 is 17.5 Å². The molecule has 0 aromatic heterocycles. The number of hydrogen-bond donors (Lipinski definition) is 5. The highest BCUT2D eigenvalue weighted by atomic mass is 35.5. The van der Waals surface area contributed by atoms with Gasteiger partial charge in [0.25, 0.3) is 5.91 Å². The van der Waals surface area contributed by atoms with Crippen LogP contribution in [0.4, 0.5) is 0 Å². The molecule has 0 radical (unpaired) electrons. The van der Waals surface area contributed by atoms with Crippen LogP contribution in [0.2, 0.25) is 5.02 Å². The molecule has 7 heteroatoms. The van der Waals surface area contributed by atoms with Crippen molar-refractivity contribution in [2.75, 3.05) is 13.1 Å². The summed E-state index contributed by atoms with van der Waals surface area (Å²) >= 11 is 6.16. The fourth-order valence-electron chi connectivity index (χ4n) is 3.62. The van der Waals surface area contributed by atoms with Crippen LogP contribution >= 0.6 is 11.6 Å². The Morgan fingerprint density at radius 3 is 2.45 bits per heavy atom. The molecule has 2 unspecified atom stereocenters. The lowest BCUT2D eigenvalue weighted by Crippen LogP contribution is -2.32. The number of phenolic OH excluding ortho intramolecular Hbond substituents is 2. The Bertz CT molecular complexity index is 1070. The number of carbonyl (C=O) groups is 1. The second-order valence-corrected chi connectivity index (χ2v) is 8.52. The Morgan fingerprint density at radius 1 is 1.00 bits per heavy atom. The Labute approximate surface area is 198 Å². The predicted octanol–water partition coefficient (Wildman–Crippen LogP) is 3.98. The Hall–Kier alpha value is -3.06. The average Bonchev–Trinajstić information content (AvgIpc) is 2.78. The van der Waals surface area contributed by atoms with Crippen LogP contribution in [0.25, 0.3) is 0 Å². The van der Waals surface area contributed by atoms with Gasteiger partial charge in [-0.25, -0.2) is 0 Å². The van der Waals surface area contributed by atoms with Gasteiger partial charge in [0.1, 0.15) is 11.5 Å². The van der Waals surface area contributed by atoms with Crippen LogP contribution in [0.1, 0.15) is 40.1 Å². The van der Waals surface area contributed by atoms with Crippen LogP contribution in [0.15, 0.2) is 66.7 Å². The van der Waals surface area contributed by atoms with Crippen LogP contribution < -0.4 is 10.6 Å². The predicted molar refractivity (Wildman–Crippen MR) is 130 cm³/mol. The first-order chi connectivity index (χ1) is 15.8. The third kappa shape index (κ3) is 7.49. The van der Waals surface area contributed by atoms with Crippen molar-refractivity contribution in [1.82, 2.24) is 10.6 Å². The van der Waals surface area contributed by atoms with Gasteiger partial charge in [-0.3, -0.25) is 4.79 Å². The Morgan fingerprint density at radius 2 is 1.73 bits per heavy atom. The van der Waals surface area contributed by atoms with Crippen molar-refractivity contribution < 1.29 is 20.1 Å². The minimum absolute atomic E-state index is 0.0316. The van der Waals surface area contributed by atoms with E-state index >= 15 is 0 Å². The number of benzene rings is 3. The number of aromatic hydroxyl groups is 2. The quantitative estimate of drug-likeness (QED) is 0.310. The molecule has 3 aromatic carbocycles. The number of amides is 1. The molecular formula is C26H29ClN2O4. The van der Waals surface area contributed by atoms with Gasteiger partial charge in [0.15, 0.2) is 0 Å². The first kappa shape index (κ1) is 24.6. The van der Waals surface area contributed by atoms with Gasteiger partial charge in [-0.1, -0.05) is 41.9 Å². The topological polar surface area (TPSA) is 102 Å². The summed E-state index contributed by atoms with van der Waals surface area (Å²) in [6, 6.07) is 19.1. The van der Waals surface area contributed by atoms with Gasteiger partial charge in [-0.15, -0.1) is 0 Å². The molecule has 0 fully saturated rings. The van der Waals surface area contributed by atoms with Gasteiger partial charge >= 0.3 is 0 Å². The highest BCUT2D eigenvalue weighted by molar-refractivity contribution is 6.31.